The number of aryl methyl sites for hydroxylation is 1. The Morgan fingerprint density at radius 2 is 1.81 bits per heavy atom. The Bertz CT molecular complexity index is 694. The van der Waals surface area contributed by atoms with Gasteiger partial charge < -0.3 is 11.1 Å². The SMILES string of the molecule is Cc1ccc(C[C@H](NC(=O)[C@H](CC(C)C)[C@H](C)C(=O)NO)C(N)=O)cc1Cl. The summed E-state index contributed by atoms with van der Waals surface area (Å²) in [6.07, 6.45) is 0.609. The van der Waals surface area contributed by atoms with E-state index in [1.165, 1.54) is 0 Å². The molecule has 7 nitrogen and oxygen atoms in total. The predicted molar refractivity (Wildman–Crippen MR) is 103 cm³/mol. The van der Waals surface area contributed by atoms with Crippen molar-refractivity contribution in [2.24, 2.45) is 23.5 Å². The highest BCUT2D eigenvalue weighted by Crippen LogP contribution is 2.22. The molecule has 1 rings (SSSR count). The topological polar surface area (TPSA) is 122 Å². The number of carbonyl (C=O) groups is 3. The lowest BCUT2D eigenvalue weighted by Gasteiger charge is -2.25. The van der Waals surface area contributed by atoms with Crippen molar-refractivity contribution in [2.75, 3.05) is 0 Å². The van der Waals surface area contributed by atoms with Gasteiger partial charge in [0.25, 0.3) is 0 Å². The molecule has 0 saturated carbocycles. The maximum Gasteiger partial charge on any atom is 0.246 e. The van der Waals surface area contributed by atoms with Crippen LogP contribution in [0.1, 0.15) is 38.3 Å². The van der Waals surface area contributed by atoms with Crippen LogP contribution in [0.5, 0.6) is 0 Å². The van der Waals surface area contributed by atoms with E-state index < -0.39 is 35.6 Å². The summed E-state index contributed by atoms with van der Waals surface area (Å²) in [7, 11) is 0. The van der Waals surface area contributed by atoms with E-state index in [2.05, 4.69) is 5.32 Å². The molecule has 1 aromatic rings. The third kappa shape index (κ3) is 6.84. The van der Waals surface area contributed by atoms with Crippen molar-refractivity contribution in [2.45, 2.75) is 46.6 Å². The first-order valence-electron chi connectivity index (χ1n) is 8.85. The van der Waals surface area contributed by atoms with Crippen LogP contribution in [0.15, 0.2) is 18.2 Å². The fraction of sp³-hybridized carbons (Fsp3) is 0.526. The molecule has 0 radical (unpaired) electrons. The Balaban J connectivity index is 2.97. The Labute approximate surface area is 164 Å². The third-order valence-corrected chi connectivity index (χ3v) is 4.93. The Morgan fingerprint density at radius 3 is 2.30 bits per heavy atom. The van der Waals surface area contributed by atoms with E-state index in [4.69, 9.17) is 22.5 Å². The average molecular weight is 398 g/mol. The molecule has 0 spiro atoms. The summed E-state index contributed by atoms with van der Waals surface area (Å²) < 4.78 is 0. The van der Waals surface area contributed by atoms with Gasteiger partial charge in [0.2, 0.25) is 17.7 Å². The van der Waals surface area contributed by atoms with Crippen LogP contribution in [-0.4, -0.2) is 29.0 Å². The summed E-state index contributed by atoms with van der Waals surface area (Å²) in [6, 6.07) is 4.44. The minimum absolute atomic E-state index is 0.137. The molecule has 27 heavy (non-hydrogen) atoms. The second kappa shape index (κ2) is 10.3. The summed E-state index contributed by atoms with van der Waals surface area (Å²) in [4.78, 5) is 36.4. The van der Waals surface area contributed by atoms with Crippen molar-refractivity contribution < 1.29 is 19.6 Å². The molecule has 0 heterocycles. The zero-order valence-corrected chi connectivity index (χ0v) is 16.8. The van der Waals surface area contributed by atoms with Crippen molar-refractivity contribution in [1.82, 2.24) is 10.8 Å². The molecule has 1 aromatic carbocycles. The van der Waals surface area contributed by atoms with Gasteiger partial charge in [-0.05, 0) is 36.5 Å². The zero-order valence-electron chi connectivity index (χ0n) is 16.1. The van der Waals surface area contributed by atoms with Crippen LogP contribution in [0.4, 0.5) is 0 Å². The van der Waals surface area contributed by atoms with Crippen molar-refractivity contribution in [3.8, 4) is 0 Å². The van der Waals surface area contributed by atoms with Crippen molar-refractivity contribution in [3.05, 3.63) is 34.3 Å². The second-order valence-electron chi connectivity index (χ2n) is 7.25. The zero-order chi connectivity index (χ0) is 20.7. The van der Waals surface area contributed by atoms with Gasteiger partial charge in [0.05, 0.1) is 0 Å². The van der Waals surface area contributed by atoms with Gasteiger partial charge in [0.1, 0.15) is 6.04 Å². The molecule has 0 bridgehead atoms. The lowest BCUT2D eigenvalue weighted by atomic mass is 9.85. The number of carbonyl (C=O) groups excluding carboxylic acids is 3. The highest BCUT2D eigenvalue weighted by molar-refractivity contribution is 6.31. The summed E-state index contributed by atoms with van der Waals surface area (Å²) in [5.74, 6) is -3.13. The molecule has 150 valence electrons. The molecule has 0 aliphatic carbocycles. The number of hydrogen-bond donors (Lipinski definition) is 4. The molecule has 5 N–H and O–H groups in total. The van der Waals surface area contributed by atoms with E-state index in [0.717, 1.165) is 11.1 Å². The van der Waals surface area contributed by atoms with Gasteiger partial charge in [0, 0.05) is 23.3 Å². The largest absolute Gasteiger partial charge is 0.368 e. The molecular formula is C19H28ClN3O4. The van der Waals surface area contributed by atoms with Crippen LogP contribution in [0, 0.1) is 24.7 Å². The first kappa shape index (κ1) is 22.9. The maximum absolute atomic E-state index is 12.8. The maximum atomic E-state index is 12.8. The third-order valence-electron chi connectivity index (χ3n) is 4.53. The number of nitrogens with one attached hydrogen (secondary N) is 2. The van der Waals surface area contributed by atoms with E-state index in [-0.39, 0.29) is 12.3 Å². The molecule has 0 aliphatic heterocycles. The average Bonchev–Trinajstić information content (AvgIpc) is 2.60. The summed E-state index contributed by atoms with van der Waals surface area (Å²) >= 11 is 6.11. The normalized spacial score (nSPS) is 14.3. The number of benzene rings is 1. The number of primary amides is 1. The molecule has 0 fully saturated rings. The molecule has 0 unspecified atom stereocenters. The van der Waals surface area contributed by atoms with Gasteiger partial charge in [-0.3, -0.25) is 19.6 Å². The smallest absolute Gasteiger partial charge is 0.246 e. The predicted octanol–water partition coefficient (Wildman–Crippen LogP) is 1.96. The van der Waals surface area contributed by atoms with E-state index in [1.54, 1.807) is 18.5 Å². The molecule has 3 amide bonds. The van der Waals surface area contributed by atoms with Gasteiger partial charge in [-0.2, -0.15) is 0 Å². The number of amides is 3. The molecule has 3 atom stereocenters. The number of hydrogen-bond acceptors (Lipinski definition) is 4. The quantitative estimate of drug-likeness (QED) is 0.376. The highest BCUT2D eigenvalue weighted by Gasteiger charge is 2.32. The van der Waals surface area contributed by atoms with E-state index in [1.807, 2.05) is 32.9 Å². The van der Waals surface area contributed by atoms with Crippen LogP contribution in [-0.2, 0) is 20.8 Å². The minimum Gasteiger partial charge on any atom is -0.368 e. The van der Waals surface area contributed by atoms with Gasteiger partial charge in [-0.1, -0.05) is 44.5 Å². The summed E-state index contributed by atoms with van der Waals surface area (Å²) in [6.45, 7) is 7.26. The molecular weight excluding hydrogens is 370 g/mol. The molecule has 0 aromatic heterocycles. The van der Waals surface area contributed by atoms with E-state index >= 15 is 0 Å². The minimum atomic E-state index is -0.935. The Morgan fingerprint density at radius 1 is 1.19 bits per heavy atom. The summed E-state index contributed by atoms with van der Waals surface area (Å²) in [5, 5.41) is 12.1. The molecule has 8 heteroatoms. The van der Waals surface area contributed by atoms with E-state index in [9.17, 15) is 14.4 Å². The fourth-order valence-electron chi connectivity index (χ4n) is 2.83. The van der Waals surface area contributed by atoms with E-state index in [0.29, 0.717) is 11.4 Å². The number of halogens is 1. The first-order chi connectivity index (χ1) is 12.6. The fourth-order valence-corrected chi connectivity index (χ4v) is 3.03. The van der Waals surface area contributed by atoms with Crippen molar-refractivity contribution >= 4 is 29.3 Å². The van der Waals surface area contributed by atoms with Crippen LogP contribution in [0.2, 0.25) is 5.02 Å². The van der Waals surface area contributed by atoms with Gasteiger partial charge in [-0.25, -0.2) is 5.48 Å². The van der Waals surface area contributed by atoms with Gasteiger partial charge >= 0.3 is 0 Å². The second-order valence-corrected chi connectivity index (χ2v) is 7.66. The molecule has 0 aliphatic rings. The monoisotopic (exact) mass is 397 g/mol. The molecule has 0 saturated heterocycles. The van der Waals surface area contributed by atoms with Gasteiger partial charge in [0.15, 0.2) is 0 Å². The van der Waals surface area contributed by atoms with Crippen LogP contribution >= 0.6 is 11.6 Å². The van der Waals surface area contributed by atoms with Gasteiger partial charge in [-0.15, -0.1) is 0 Å². The number of rotatable bonds is 9. The number of hydroxylamine groups is 1. The van der Waals surface area contributed by atoms with Crippen LogP contribution in [0.3, 0.4) is 0 Å². The Hall–Kier alpha value is -2.12. The Kier molecular flexibility index (Phi) is 8.72. The van der Waals surface area contributed by atoms with Crippen molar-refractivity contribution in [1.29, 1.82) is 0 Å². The highest BCUT2D eigenvalue weighted by atomic mass is 35.5. The van der Waals surface area contributed by atoms with Crippen molar-refractivity contribution in [3.63, 3.8) is 0 Å². The van der Waals surface area contributed by atoms with Crippen LogP contribution in [0.25, 0.3) is 0 Å². The standard InChI is InChI=1S/C19H28ClN3O4/c1-10(2)7-14(12(4)18(25)23-27)19(26)22-16(17(21)24)9-13-6-5-11(3)15(20)8-13/h5-6,8,10,12,14,16,27H,7,9H2,1-4H3,(H2,21,24)(H,22,26)(H,23,25)/t12-,14+,16-/m0/s1. The van der Waals surface area contributed by atoms with Crippen LogP contribution < -0.4 is 16.5 Å². The number of nitrogens with two attached hydrogens (primary N) is 1. The lowest BCUT2D eigenvalue weighted by Crippen LogP contribution is -2.50. The summed E-state index contributed by atoms with van der Waals surface area (Å²) in [5.41, 5.74) is 8.70. The first-order valence-corrected chi connectivity index (χ1v) is 9.23. The lowest BCUT2D eigenvalue weighted by molar-refractivity contribution is -0.140.